The largest absolute Gasteiger partial charge is 0.417 e. The van der Waals surface area contributed by atoms with Gasteiger partial charge in [0, 0.05) is 11.8 Å². The maximum Gasteiger partial charge on any atom is 0.417 e. The highest BCUT2D eigenvalue weighted by Gasteiger charge is 2.36. The summed E-state index contributed by atoms with van der Waals surface area (Å²) in [7, 11) is 0. The lowest BCUT2D eigenvalue weighted by Crippen LogP contribution is -2.30. The van der Waals surface area contributed by atoms with Crippen LogP contribution in [0.4, 0.5) is 23.2 Å². The summed E-state index contributed by atoms with van der Waals surface area (Å²) in [6, 6.07) is 11.6. The fourth-order valence-electron chi connectivity index (χ4n) is 3.90. The first-order valence-corrected chi connectivity index (χ1v) is 10.8. The minimum absolute atomic E-state index is 0.0571. The molecule has 4 rings (SSSR count). The summed E-state index contributed by atoms with van der Waals surface area (Å²) in [6.45, 7) is 4.35. The molecule has 4 aromatic rings. The molecule has 35 heavy (non-hydrogen) atoms. The smallest absolute Gasteiger partial charge is 0.324 e. The van der Waals surface area contributed by atoms with Crippen LogP contribution in [0.3, 0.4) is 0 Å². The van der Waals surface area contributed by atoms with Gasteiger partial charge in [-0.3, -0.25) is 14.2 Å². The summed E-state index contributed by atoms with van der Waals surface area (Å²) in [4.78, 5) is 25.6. The maximum absolute atomic E-state index is 13.9. The minimum Gasteiger partial charge on any atom is -0.324 e. The molecular formula is C25H22F4N4O2. The van der Waals surface area contributed by atoms with Crippen LogP contribution < -0.4 is 10.9 Å². The molecule has 2 aromatic heterocycles. The number of alkyl halides is 3. The molecule has 0 radical (unpaired) electrons. The van der Waals surface area contributed by atoms with E-state index in [-0.39, 0.29) is 22.4 Å². The highest BCUT2D eigenvalue weighted by atomic mass is 19.4. The molecule has 182 valence electrons. The molecule has 0 atom stereocenters. The summed E-state index contributed by atoms with van der Waals surface area (Å²) in [5, 5.41) is 6.49. The molecule has 0 saturated heterocycles. The molecule has 1 amide bonds. The Morgan fingerprint density at radius 3 is 2.34 bits per heavy atom. The van der Waals surface area contributed by atoms with Crippen molar-refractivity contribution in [2.24, 2.45) is 0 Å². The van der Waals surface area contributed by atoms with E-state index in [0.717, 1.165) is 22.6 Å². The Morgan fingerprint density at radius 2 is 1.74 bits per heavy atom. The number of fused-ring (bicyclic) bond motifs is 1. The number of hydrogen-bond acceptors (Lipinski definition) is 3. The van der Waals surface area contributed by atoms with Gasteiger partial charge in [-0.2, -0.15) is 18.3 Å². The van der Waals surface area contributed by atoms with Crippen LogP contribution in [0.15, 0.2) is 53.3 Å². The van der Waals surface area contributed by atoms with E-state index in [4.69, 9.17) is 0 Å². The lowest BCUT2D eigenvalue weighted by Gasteiger charge is -2.15. The van der Waals surface area contributed by atoms with Gasteiger partial charge >= 0.3 is 6.18 Å². The number of anilines is 1. The van der Waals surface area contributed by atoms with E-state index in [1.807, 2.05) is 19.1 Å². The summed E-state index contributed by atoms with van der Waals surface area (Å²) in [5.41, 5.74) is -0.233. The van der Waals surface area contributed by atoms with E-state index in [0.29, 0.717) is 17.3 Å². The molecular weight excluding hydrogens is 464 g/mol. The van der Waals surface area contributed by atoms with Crippen LogP contribution in [-0.4, -0.2) is 20.3 Å². The summed E-state index contributed by atoms with van der Waals surface area (Å²) < 4.78 is 57.6. The fourth-order valence-corrected chi connectivity index (χ4v) is 3.90. The first-order valence-electron chi connectivity index (χ1n) is 10.8. The van der Waals surface area contributed by atoms with Gasteiger partial charge in [0.2, 0.25) is 5.91 Å². The Balaban J connectivity index is 1.87. The van der Waals surface area contributed by atoms with Crippen molar-refractivity contribution in [3.05, 3.63) is 87.1 Å². The van der Waals surface area contributed by atoms with Gasteiger partial charge < -0.3 is 5.32 Å². The van der Waals surface area contributed by atoms with E-state index in [9.17, 15) is 27.2 Å². The van der Waals surface area contributed by atoms with Crippen molar-refractivity contribution in [2.45, 2.75) is 39.9 Å². The molecule has 10 heteroatoms. The number of benzene rings is 2. The standard InChI is InChI=1S/C25H22F4N4O2/c1-4-16-6-9-18(10-7-16)33-24-23(15(3)31-33)19(25(27,28)29)12-22(35)32(24)13-21(34)30-17-8-5-14(2)20(26)11-17/h5-12H,4,13H2,1-3H3,(H,30,34). The van der Waals surface area contributed by atoms with Crippen LogP contribution in [0.5, 0.6) is 0 Å². The van der Waals surface area contributed by atoms with E-state index >= 15 is 0 Å². The summed E-state index contributed by atoms with van der Waals surface area (Å²) in [6.07, 6.45) is -4.04. The van der Waals surface area contributed by atoms with Crippen LogP contribution in [0.2, 0.25) is 0 Å². The van der Waals surface area contributed by atoms with Gasteiger partial charge in [-0.1, -0.05) is 25.1 Å². The van der Waals surface area contributed by atoms with E-state index in [1.54, 1.807) is 19.1 Å². The number of nitrogens with one attached hydrogen (secondary N) is 1. The van der Waals surface area contributed by atoms with Gasteiger partial charge in [0.05, 0.1) is 22.3 Å². The van der Waals surface area contributed by atoms with Crippen LogP contribution in [0.1, 0.15) is 29.3 Å². The number of rotatable bonds is 5. The van der Waals surface area contributed by atoms with Crippen molar-refractivity contribution in [2.75, 3.05) is 5.32 Å². The lowest BCUT2D eigenvalue weighted by molar-refractivity contribution is -0.136. The number of halogens is 4. The van der Waals surface area contributed by atoms with Gasteiger partial charge in [0.1, 0.15) is 18.0 Å². The van der Waals surface area contributed by atoms with Crippen molar-refractivity contribution in [3.63, 3.8) is 0 Å². The summed E-state index contributed by atoms with van der Waals surface area (Å²) in [5.74, 6) is -1.23. The first kappa shape index (κ1) is 24.2. The molecule has 0 aliphatic carbocycles. The van der Waals surface area contributed by atoms with Crippen molar-refractivity contribution < 1.29 is 22.4 Å². The van der Waals surface area contributed by atoms with Crippen molar-refractivity contribution in [1.29, 1.82) is 0 Å². The van der Waals surface area contributed by atoms with Crippen LogP contribution >= 0.6 is 0 Å². The zero-order valence-corrected chi connectivity index (χ0v) is 19.2. The highest BCUT2D eigenvalue weighted by Crippen LogP contribution is 2.36. The SMILES string of the molecule is CCc1ccc(-n2nc(C)c3c(C(F)(F)F)cc(=O)n(CC(=O)Nc4ccc(C)c(F)c4)c32)cc1. The number of carbonyl (C=O) groups is 1. The van der Waals surface area contributed by atoms with Crippen LogP contribution in [-0.2, 0) is 23.9 Å². The normalized spacial score (nSPS) is 11.7. The molecule has 2 heterocycles. The number of pyridine rings is 1. The third-order valence-corrected chi connectivity index (χ3v) is 5.75. The quantitative estimate of drug-likeness (QED) is 0.396. The van der Waals surface area contributed by atoms with Crippen LogP contribution in [0, 0.1) is 19.7 Å². The zero-order chi connectivity index (χ0) is 25.5. The third-order valence-electron chi connectivity index (χ3n) is 5.75. The van der Waals surface area contributed by atoms with E-state index in [1.165, 1.54) is 23.7 Å². The molecule has 0 fully saturated rings. The van der Waals surface area contributed by atoms with Crippen molar-refractivity contribution in [3.8, 4) is 5.69 Å². The summed E-state index contributed by atoms with van der Waals surface area (Å²) >= 11 is 0. The van der Waals surface area contributed by atoms with Crippen molar-refractivity contribution in [1.82, 2.24) is 14.3 Å². The van der Waals surface area contributed by atoms with Crippen molar-refractivity contribution >= 4 is 22.6 Å². The molecule has 0 saturated carbocycles. The molecule has 0 spiro atoms. The Kier molecular flexibility index (Phi) is 6.23. The second kappa shape index (κ2) is 9.01. The van der Waals surface area contributed by atoms with E-state index in [2.05, 4.69) is 10.4 Å². The Hall–Kier alpha value is -3.95. The van der Waals surface area contributed by atoms with Gasteiger partial charge in [-0.25, -0.2) is 9.07 Å². The minimum atomic E-state index is -4.80. The third kappa shape index (κ3) is 4.68. The monoisotopic (exact) mass is 486 g/mol. The molecule has 0 aliphatic rings. The average molecular weight is 486 g/mol. The zero-order valence-electron chi connectivity index (χ0n) is 19.2. The van der Waals surface area contributed by atoms with E-state index < -0.39 is 35.6 Å². The Bertz CT molecular complexity index is 1480. The Morgan fingerprint density at radius 1 is 1.06 bits per heavy atom. The Labute approximate surface area is 197 Å². The van der Waals surface area contributed by atoms with Gasteiger partial charge in [0.15, 0.2) is 0 Å². The first-order chi connectivity index (χ1) is 16.5. The highest BCUT2D eigenvalue weighted by molar-refractivity contribution is 5.92. The molecule has 0 unspecified atom stereocenters. The van der Waals surface area contributed by atoms with Gasteiger partial charge in [0.25, 0.3) is 5.56 Å². The predicted octanol–water partition coefficient (Wildman–Crippen LogP) is 5.16. The molecule has 6 nitrogen and oxygen atoms in total. The average Bonchev–Trinajstić information content (AvgIpc) is 3.14. The second-order valence-electron chi connectivity index (χ2n) is 8.21. The number of aromatic nitrogens is 3. The number of amides is 1. The van der Waals surface area contributed by atoms with Gasteiger partial charge in [-0.15, -0.1) is 0 Å². The number of nitrogens with zero attached hydrogens (tertiary/aromatic N) is 3. The maximum atomic E-state index is 13.9. The van der Waals surface area contributed by atoms with Crippen LogP contribution in [0.25, 0.3) is 16.7 Å². The number of carbonyl (C=O) groups excluding carboxylic acids is 1. The topological polar surface area (TPSA) is 68.9 Å². The second-order valence-corrected chi connectivity index (χ2v) is 8.21. The molecule has 2 aromatic carbocycles. The molecule has 0 bridgehead atoms. The molecule has 1 N–H and O–H groups in total. The number of aryl methyl sites for hydroxylation is 3. The predicted molar refractivity (Wildman–Crippen MR) is 124 cm³/mol. The van der Waals surface area contributed by atoms with Gasteiger partial charge in [-0.05, 0) is 55.7 Å². The lowest BCUT2D eigenvalue weighted by atomic mass is 10.1. The number of hydrogen-bond donors (Lipinski definition) is 1. The molecule has 0 aliphatic heterocycles. The fraction of sp³-hybridized carbons (Fsp3) is 0.240.